The topological polar surface area (TPSA) is 232 Å². The van der Waals surface area contributed by atoms with E-state index in [0.717, 1.165) is 16.8 Å². The predicted octanol–water partition coefficient (Wildman–Crippen LogP) is 2.79. The number of hydrogen-bond donors (Lipinski definition) is 2. The molecule has 4 aliphatic rings. The molecule has 0 unspecified atom stereocenters. The van der Waals surface area contributed by atoms with Crippen molar-refractivity contribution in [3.8, 4) is 0 Å². The fourth-order valence-corrected chi connectivity index (χ4v) is 10.6. The first-order valence-corrected chi connectivity index (χ1v) is 23.6. The highest BCUT2D eigenvalue weighted by Gasteiger charge is 2.61. The van der Waals surface area contributed by atoms with Crippen molar-refractivity contribution in [3.63, 3.8) is 0 Å². The Bertz CT molecular complexity index is 2110. The summed E-state index contributed by atoms with van der Waals surface area (Å²) in [6, 6.07) is 4.16. The Morgan fingerprint density at radius 1 is 1.08 bits per heavy atom. The van der Waals surface area contributed by atoms with Crippen LogP contribution in [0.4, 0.5) is 9.18 Å². The predicted molar refractivity (Wildman–Crippen MR) is 223 cm³/mol. The van der Waals surface area contributed by atoms with Gasteiger partial charge in [-0.1, -0.05) is 38.1 Å². The standard InChI is InChI=1S/C43H63FN6O12S/c1-10-33-43(7)37(50(45)41(55)62-43)24(3)35(52)28-19-42(6,58-22-28)38(25(4)34(51)26(5)39(54)60-33)61-40-36(53)32(17-23(2)59-40)48(8)16-15-29-21-49(47-46-29)30(20-44)18-27-11-13-31(14-12-27)63(9,56)57/h11-14,21,23-26,28,30,32-33,36-38,40,53H,10,15-20,22,45H2,1-9H3/t23-,24+,25+,26-,28+,30+,32+,33-,36-,37-,38-,40+,42-,43-/m1/s1. The van der Waals surface area contributed by atoms with E-state index in [-0.39, 0.29) is 36.5 Å². The Balaban J connectivity index is 1.18. The Labute approximate surface area is 368 Å². The molecule has 18 nitrogen and oxygen atoms in total. The second-order valence-electron chi connectivity index (χ2n) is 18.4. The summed E-state index contributed by atoms with van der Waals surface area (Å²) in [5.41, 5.74) is -1.42. The lowest BCUT2D eigenvalue weighted by atomic mass is 9.74. The minimum atomic E-state index is -3.36. The van der Waals surface area contributed by atoms with E-state index >= 15 is 0 Å². The van der Waals surface area contributed by atoms with Crippen LogP contribution in [0.3, 0.4) is 0 Å². The first-order chi connectivity index (χ1) is 29.5. The molecule has 1 aromatic carbocycles. The first kappa shape index (κ1) is 48.5. The van der Waals surface area contributed by atoms with Crippen molar-refractivity contribution >= 4 is 33.5 Å². The monoisotopic (exact) mass is 906 g/mol. The second-order valence-corrected chi connectivity index (χ2v) is 20.4. The summed E-state index contributed by atoms with van der Waals surface area (Å²) in [4.78, 5) is 57.3. The van der Waals surface area contributed by atoms with Crippen molar-refractivity contribution in [1.29, 1.82) is 0 Å². The van der Waals surface area contributed by atoms with Gasteiger partial charge in [0, 0.05) is 49.2 Å². The Hall–Kier alpha value is -3.92. The number of rotatable bonds is 12. The first-order valence-electron chi connectivity index (χ1n) is 21.7. The summed E-state index contributed by atoms with van der Waals surface area (Å²) < 4.78 is 70.4. The summed E-state index contributed by atoms with van der Waals surface area (Å²) in [5, 5.41) is 21.2. The van der Waals surface area contributed by atoms with E-state index in [0.29, 0.717) is 25.1 Å². The number of fused-ring (bicyclic) bond motifs is 3. The van der Waals surface area contributed by atoms with Crippen molar-refractivity contribution in [2.24, 2.45) is 29.5 Å². The maximum absolute atomic E-state index is 14.3. The summed E-state index contributed by atoms with van der Waals surface area (Å²) in [6.45, 7) is 11.3. The number of benzene rings is 1. The van der Waals surface area contributed by atoms with Gasteiger partial charge in [-0.2, -0.15) is 0 Å². The van der Waals surface area contributed by atoms with Gasteiger partial charge in [0.05, 0.1) is 41.0 Å². The van der Waals surface area contributed by atoms with Crippen molar-refractivity contribution in [1.82, 2.24) is 24.9 Å². The number of ketones is 2. The van der Waals surface area contributed by atoms with Crippen LogP contribution >= 0.6 is 0 Å². The van der Waals surface area contributed by atoms with E-state index in [4.69, 9.17) is 29.5 Å². The highest BCUT2D eigenvalue weighted by molar-refractivity contribution is 7.90. The number of hydrogen-bond acceptors (Lipinski definition) is 16. The molecule has 0 saturated carbocycles. The van der Waals surface area contributed by atoms with E-state index in [9.17, 15) is 37.1 Å². The number of sulfone groups is 1. The molecule has 3 N–H and O–H groups in total. The summed E-state index contributed by atoms with van der Waals surface area (Å²) in [7, 11) is -1.52. The molecule has 4 aliphatic heterocycles. The summed E-state index contributed by atoms with van der Waals surface area (Å²) >= 11 is 0. The lowest BCUT2D eigenvalue weighted by Gasteiger charge is -2.46. The number of nitrogens with zero attached hydrogens (tertiary/aromatic N) is 5. The summed E-state index contributed by atoms with van der Waals surface area (Å²) in [5.74, 6) is 0.770. The number of esters is 1. The Morgan fingerprint density at radius 2 is 1.76 bits per heavy atom. The lowest BCUT2D eigenvalue weighted by molar-refractivity contribution is -0.293. The van der Waals surface area contributed by atoms with Crippen molar-refractivity contribution in [2.45, 2.75) is 145 Å². The van der Waals surface area contributed by atoms with Crippen LogP contribution < -0.4 is 5.84 Å². The number of hydrazine groups is 1. The molecular formula is C43H63FN6O12S. The fourth-order valence-electron chi connectivity index (χ4n) is 9.94. The highest BCUT2D eigenvalue weighted by Crippen LogP contribution is 2.44. The van der Waals surface area contributed by atoms with Gasteiger partial charge < -0.3 is 33.7 Å². The smallest absolute Gasteiger partial charge is 0.425 e. The van der Waals surface area contributed by atoms with Crippen LogP contribution in [0.25, 0.3) is 0 Å². The minimum Gasteiger partial charge on any atom is -0.458 e. The molecule has 5 heterocycles. The number of nitrogens with two attached hydrogens (primary N) is 1. The summed E-state index contributed by atoms with van der Waals surface area (Å²) in [6.07, 6.45) is -1.62. The molecule has 63 heavy (non-hydrogen) atoms. The molecule has 4 fully saturated rings. The van der Waals surface area contributed by atoms with E-state index in [1.54, 1.807) is 52.9 Å². The quantitative estimate of drug-likeness (QED) is 0.135. The number of likely N-dealkylation sites (N-methyl/N-ethyl adjacent to an activating group) is 1. The molecule has 1 amide bonds. The van der Waals surface area contributed by atoms with Crippen molar-refractivity contribution in [3.05, 3.63) is 41.7 Å². The molecule has 14 atom stereocenters. The Morgan fingerprint density at radius 3 is 2.40 bits per heavy atom. The maximum Gasteiger partial charge on any atom is 0.425 e. The van der Waals surface area contributed by atoms with Crippen LogP contribution in [-0.4, -0.2) is 149 Å². The van der Waals surface area contributed by atoms with E-state index in [2.05, 4.69) is 10.3 Å². The normalized spacial score (nSPS) is 36.2. The highest BCUT2D eigenvalue weighted by atomic mass is 32.2. The largest absolute Gasteiger partial charge is 0.458 e. The second kappa shape index (κ2) is 18.9. The molecular weight excluding hydrogens is 844 g/mol. The molecule has 2 bridgehead atoms. The average Bonchev–Trinajstić information content (AvgIpc) is 3.94. The SMILES string of the molecule is CC[C@H]1OC(=O)[C@H](C)C(=O)[C@H](C)[C@@H](O[C@@H]2O[C@H](C)C[C@H](N(C)CCc3cn([C@H](CF)Cc4ccc(S(C)(=O)=O)cc4)nn3)[C@H]2O)[C@@]2(C)C[C@@H](CO2)C(=O)[C@H](C)[C@H]2N(N)C(=O)O[C@]12C. The zero-order valence-corrected chi connectivity index (χ0v) is 38.3. The van der Waals surface area contributed by atoms with Gasteiger partial charge >= 0.3 is 12.1 Å². The minimum absolute atomic E-state index is 0.0174. The molecule has 4 saturated heterocycles. The number of amides is 1. The molecule has 2 aromatic rings. The van der Waals surface area contributed by atoms with E-state index < -0.39 is 118 Å². The van der Waals surface area contributed by atoms with Crippen LogP contribution in [0.2, 0.25) is 0 Å². The zero-order valence-electron chi connectivity index (χ0n) is 37.5. The van der Waals surface area contributed by atoms with Crippen LogP contribution in [0.15, 0.2) is 35.4 Å². The van der Waals surface area contributed by atoms with E-state index in [1.165, 1.54) is 23.7 Å². The van der Waals surface area contributed by atoms with Crippen molar-refractivity contribution in [2.75, 3.05) is 33.1 Å². The number of carbonyl (C=O) groups is 4. The third-order valence-corrected chi connectivity index (χ3v) is 14.8. The molecule has 0 radical (unpaired) electrons. The van der Waals surface area contributed by atoms with Gasteiger partial charge in [0.15, 0.2) is 27.5 Å². The third kappa shape index (κ3) is 9.86. The number of aliphatic hydroxyl groups excluding tert-OH is 1. The lowest BCUT2D eigenvalue weighted by Crippen LogP contribution is -2.60. The number of ether oxygens (including phenoxy) is 5. The number of halogens is 1. The van der Waals surface area contributed by atoms with Crippen LogP contribution in [-0.2, 0) is 60.7 Å². The van der Waals surface area contributed by atoms with Gasteiger partial charge in [-0.3, -0.25) is 14.4 Å². The molecule has 20 heteroatoms. The number of carbonyl (C=O) groups excluding carboxylic acids is 4. The van der Waals surface area contributed by atoms with Gasteiger partial charge in [0.2, 0.25) is 0 Å². The molecule has 6 rings (SSSR count). The maximum atomic E-state index is 14.3. The van der Waals surface area contributed by atoms with Crippen LogP contribution in [0.5, 0.6) is 0 Å². The Kier molecular flexibility index (Phi) is 14.6. The van der Waals surface area contributed by atoms with Crippen molar-refractivity contribution < 1.29 is 60.8 Å². The third-order valence-electron chi connectivity index (χ3n) is 13.7. The van der Waals surface area contributed by atoms with E-state index in [1.807, 2.05) is 18.9 Å². The number of aliphatic hydroxyl groups is 1. The molecule has 0 spiro atoms. The number of cyclic esters (lactones) is 1. The van der Waals surface area contributed by atoms with Gasteiger partial charge in [0.25, 0.3) is 0 Å². The molecule has 0 aliphatic carbocycles. The molecule has 1 aromatic heterocycles. The molecule has 350 valence electrons. The zero-order chi connectivity index (χ0) is 46.3. The van der Waals surface area contributed by atoms with Gasteiger partial charge in [-0.15, -0.1) is 5.10 Å². The fraction of sp³-hybridized carbons (Fsp3) is 0.721. The van der Waals surface area contributed by atoms with Crippen LogP contribution in [0.1, 0.15) is 85.0 Å². The number of Topliss-reactive ketones (excluding diaryl/α,β-unsaturated/α-hetero) is 2. The number of aromatic nitrogens is 3. The van der Waals surface area contributed by atoms with Gasteiger partial charge in [-0.05, 0) is 78.1 Å². The van der Waals surface area contributed by atoms with Gasteiger partial charge in [-0.25, -0.2) is 33.1 Å². The average molecular weight is 907 g/mol. The van der Waals surface area contributed by atoms with Gasteiger partial charge in [0.1, 0.15) is 36.6 Å². The number of alkyl halides is 1. The van der Waals surface area contributed by atoms with Crippen LogP contribution in [0, 0.1) is 23.7 Å².